The van der Waals surface area contributed by atoms with Crippen LogP contribution in [0.15, 0.2) is 47.4 Å². The van der Waals surface area contributed by atoms with Crippen LogP contribution in [0, 0.1) is 0 Å². The fourth-order valence-electron chi connectivity index (χ4n) is 3.72. The quantitative estimate of drug-likeness (QED) is 0.676. The average molecular weight is 385 g/mol. The molecule has 2 unspecified atom stereocenters. The summed E-state index contributed by atoms with van der Waals surface area (Å²) < 4.78 is 33.1. The first-order valence-corrected chi connectivity index (χ1v) is 10.2. The normalized spacial score (nSPS) is 23.0. The van der Waals surface area contributed by atoms with E-state index in [1.165, 1.54) is 22.5 Å². The number of rotatable bonds is 2. The van der Waals surface area contributed by atoms with Crippen LogP contribution in [0.3, 0.4) is 0 Å². The van der Waals surface area contributed by atoms with Gasteiger partial charge in [-0.1, -0.05) is 24.3 Å². The van der Waals surface area contributed by atoms with Crippen LogP contribution in [-0.4, -0.2) is 49.6 Å². The molecule has 7 heteroatoms. The number of hydrogen-bond acceptors (Lipinski definition) is 5. The molecule has 1 aliphatic carbocycles. The van der Waals surface area contributed by atoms with Gasteiger partial charge in [0.2, 0.25) is 10.0 Å². The maximum Gasteiger partial charge on any atom is 0.243 e. The van der Waals surface area contributed by atoms with Crippen LogP contribution in [0.5, 0.6) is 0 Å². The molecule has 1 fully saturated rings. The summed E-state index contributed by atoms with van der Waals surface area (Å²) in [6.45, 7) is 4.15. The van der Waals surface area contributed by atoms with Crippen LogP contribution in [0.1, 0.15) is 45.7 Å². The minimum Gasteiger partial charge on any atom is -0.373 e. The summed E-state index contributed by atoms with van der Waals surface area (Å²) in [4.78, 5) is 25.5. The predicted molar refractivity (Wildman–Crippen MR) is 98.5 cm³/mol. The molecule has 2 atom stereocenters. The Morgan fingerprint density at radius 3 is 1.96 bits per heavy atom. The zero-order valence-corrected chi connectivity index (χ0v) is 15.8. The lowest BCUT2D eigenvalue weighted by Crippen LogP contribution is -2.48. The molecule has 2 aromatic rings. The van der Waals surface area contributed by atoms with E-state index in [0.29, 0.717) is 11.1 Å². The second-order valence-corrected chi connectivity index (χ2v) is 8.93. The molecule has 4 rings (SSSR count). The highest BCUT2D eigenvalue weighted by molar-refractivity contribution is 7.89. The molecule has 6 nitrogen and oxygen atoms in total. The number of nitrogens with zero attached hydrogens (tertiary/aromatic N) is 1. The average Bonchev–Trinajstić information content (AvgIpc) is 2.65. The summed E-state index contributed by atoms with van der Waals surface area (Å²) in [5, 5.41) is 0. The Labute approximate surface area is 157 Å². The Morgan fingerprint density at radius 1 is 0.852 bits per heavy atom. The number of fused-ring (bicyclic) bond motifs is 2. The summed E-state index contributed by atoms with van der Waals surface area (Å²) in [6.07, 6.45) is -0.424. The zero-order chi connectivity index (χ0) is 19.3. The second kappa shape index (κ2) is 6.37. The lowest BCUT2D eigenvalue weighted by atomic mass is 9.84. The van der Waals surface area contributed by atoms with Gasteiger partial charge in [-0.05, 0) is 32.0 Å². The van der Waals surface area contributed by atoms with Crippen molar-refractivity contribution >= 4 is 21.6 Å². The van der Waals surface area contributed by atoms with Crippen molar-refractivity contribution in [1.29, 1.82) is 0 Å². The number of morpholine rings is 1. The van der Waals surface area contributed by atoms with E-state index < -0.39 is 10.0 Å². The number of ether oxygens (including phenoxy) is 1. The van der Waals surface area contributed by atoms with Crippen molar-refractivity contribution < 1.29 is 22.7 Å². The van der Waals surface area contributed by atoms with Crippen molar-refractivity contribution in [2.45, 2.75) is 31.0 Å². The number of ketones is 2. The largest absolute Gasteiger partial charge is 0.373 e. The Bertz CT molecular complexity index is 1050. The van der Waals surface area contributed by atoms with Gasteiger partial charge < -0.3 is 4.74 Å². The monoisotopic (exact) mass is 385 g/mol. The molecule has 1 aliphatic heterocycles. The van der Waals surface area contributed by atoms with Gasteiger partial charge in [-0.15, -0.1) is 0 Å². The van der Waals surface area contributed by atoms with Gasteiger partial charge in [-0.2, -0.15) is 4.31 Å². The molecule has 0 N–H and O–H groups in total. The predicted octanol–water partition coefficient (Wildman–Crippen LogP) is 2.26. The molecule has 0 saturated carbocycles. The number of carbonyl (C=O) groups is 2. The van der Waals surface area contributed by atoms with Crippen molar-refractivity contribution in [3.05, 3.63) is 64.7 Å². The fraction of sp³-hybridized carbons (Fsp3) is 0.300. The van der Waals surface area contributed by atoms with Crippen LogP contribution >= 0.6 is 0 Å². The molecule has 2 aromatic carbocycles. The van der Waals surface area contributed by atoms with Crippen molar-refractivity contribution in [2.75, 3.05) is 13.1 Å². The molecule has 0 radical (unpaired) electrons. The Hall–Kier alpha value is -2.35. The first-order chi connectivity index (χ1) is 12.8. The highest BCUT2D eigenvalue weighted by Gasteiger charge is 2.35. The SMILES string of the molecule is CC1CN(S(=O)(=O)c2ccc3c(c2)C(=O)c2ccccc2C3=O)CC(C)O1. The molecule has 140 valence electrons. The minimum absolute atomic E-state index is 0.0167. The summed E-state index contributed by atoms with van der Waals surface area (Å²) in [5.41, 5.74) is 1.02. The highest BCUT2D eigenvalue weighted by atomic mass is 32.2. The first kappa shape index (κ1) is 18.0. The van der Waals surface area contributed by atoms with Crippen LogP contribution < -0.4 is 0 Å². The van der Waals surface area contributed by atoms with Crippen molar-refractivity contribution in [2.24, 2.45) is 0 Å². The molecular weight excluding hydrogens is 366 g/mol. The number of sulfonamides is 1. The molecular formula is C20H19NO5S. The molecule has 1 heterocycles. The van der Waals surface area contributed by atoms with E-state index in [9.17, 15) is 18.0 Å². The van der Waals surface area contributed by atoms with Gasteiger partial charge in [-0.25, -0.2) is 8.42 Å². The molecule has 1 saturated heterocycles. The minimum atomic E-state index is -3.79. The van der Waals surface area contributed by atoms with E-state index in [0.717, 1.165) is 0 Å². The summed E-state index contributed by atoms with van der Waals surface area (Å²) in [6, 6.07) is 10.8. The molecule has 2 aliphatic rings. The molecule has 0 amide bonds. The molecule has 0 bridgehead atoms. The highest BCUT2D eigenvalue weighted by Crippen LogP contribution is 2.30. The fourth-order valence-corrected chi connectivity index (χ4v) is 5.33. The zero-order valence-electron chi connectivity index (χ0n) is 15.0. The standard InChI is InChI=1S/C20H19NO5S/c1-12-10-21(11-13(2)26-12)27(24,25)14-7-8-17-18(9-14)20(23)16-6-4-3-5-15(16)19(17)22/h3-9,12-13H,10-11H2,1-2H3. The van der Waals surface area contributed by atoms with Gasteiger partial charge in [0.05, 0.1) is 17.1 Å². The third kappa shape index (κ3) is 2.92. The second-order valence-electron chi connectivity index (χ2n) is 6.99. The number of carbonyl (C=O) groups excluding carboxylic acids is 2. The third-order valence-electron chi connectivity index (χ3n) is 4.92. The van der Waals surface area contributed by atoms with E-state index in [2.05, 4.69) is 0 Å². The lowest BCUT2D eigenvalue weighted by Gasteiger charge is -2.34. The van der Waals surface area contributed by atoms with Crippen molar-refractivity contribution in [3.63, 3.8) is 0 Å². The van der Waals surface area contributed by atoms with Crippen LogP contribution in [0.4, 0.5) is 0 Å². The molecule has 0 aromatic heterocycles. The Kier molecular flexibility index (Phi) is 4.25. The Balaban J connectivity index is 1.77. The van der Waals surface area contributed by atoms with Crippen LogP contribution in [-0.2, 0) is 14.8 Å². The lowest BCUT2D eigenvalue weighted by molar-refractivity contribution is -0.0440. The first-order valence-electron chi connectivity index (χ1n) is 8.77. The maximum atomic E-state index is 13.1. The topological polar surface area (TPSA) is 80.8 Å². The van der Waals surface area contributed by atoms with Crippen LogP contribution in [0.2, 0.25) is 0 Å². The smallest absolute Gasteiger partial charge is 0.243 e. The third-order valence-corrected chi connectivity index (χ3v) is 6.75. The van der Waals surface area contributed by atoms with Crippen molar-refractivity contribution in [1.82, 2.24) is 4.31 Å². The Morgan fingerprint density at radius 2 is 1.37 bits per heavy atom. The van der Waals surface area contributed by atoms with Crippen LogP contribution in [0.25, 0.3) is 0 Å². The summed E-state index contributed by atoms with van der Waals surface area (Å²) in [5.74, 6) is -0.598. The van der Waals surface area contributed by atoms with E-state index in [1.807, 2.05) is 13.8 Å². The van der Waals surface area contributed by atoms with Gasteiger partial charge in [0.25, 0.3) is 0 Å². The maximum absolute atomic E-state index is 13.1. The summed E-state index contributed by atoms with van der Waals surface area (Å²) in [7, 11) is -3.79. The van der Waals surface area contributed by atoms with Crippen molar-refractivity contribution in [3.8, 4) is 0 Å². The van der Waals surface area contributed by atoms with Gasteiger partial charge >= 0.3 is 0 Å². The van der Waals surface area contributed by atoms with Gasteiger partial charge in [0.1, 0.15) is 0 Å². The van der Waals surface area contributed by atoms with Gasteiger partial charge in [0, 0.05) is 35.3 Å². The van der Waals surface area contributed by atoms with Gasteiger partial charge in [0.15, 0.2) is 11.6 Å². The van der Waals surface area contributed by atoms with E-state index in [4.69, 9.17) is 4.74 Å². The number of benzene rings is 2. The molecule has 0 spiro atoms. The van der Waals surface area contributed by atoms with E-state index in [-0.39, 0.29) is 52.9 Å². The van der Waals surface area contributed by atoms with E-state index in [1.54, 1.807) is 24.3 Å². The molecule has 27 heavy (non-hydrogen) atoms. The summed E-state index contributed by atoms with van der Waals surface area (Å²) >= 11 is 0. The van der Waals surface area contributed by atoms with Gasteiger partial charge in [-0.3, -0.25) is 9.59 Å². The number of hydrogen-bond donors (Lipinski definition) is 0. The van der Waals surface area contributed by atoms with E-state index >= 15 is 0 Å².